The first kappa shape index (κ1) is 14.9. The van der Waals surface area contributed by atoms with Gasteiger partial charge >= 0.3 is 0 Å². The Bertz CT molecular complexity index is 835. The summed E-state index contributed by atoms with van der Waals surface area (Å²) in [4.78, 5) is 13.4. The third-order valence-corrected chi connectivity index (χ3v) is 3.55. The van der Waals surface area contributed by atoms with E-state index in [2.05, 4.69) is 25.8 Å². The molecule has 0 saturated carbocycles. The van der Waals surface area contributed by atoms with Gasteiger partial charge in [0.1, 0.15) is 12.4 Å². The number of rotatable bonds is 4. The van der Waals surface area contributed by atoms with E-state index in [0.29, 0.717) is 11.6 Å². The highest BCUT2D eigenvalue weighted by molar-refractivity contribution is 5.90. The predicted octanol–water partition coefficient (Wildman–Crippen LogP) is 1.33. The Labute approximate surface area is 133 Å². The second-order valence-electron chi connectivity index (χ2n) is 5.24. The van der Waals surface area contributed by atoms with E-state index in [1.54, 1.807) is 11.7 Å². The van der Waals surface area contributed by atoms with Gasteiger partial charge in [-0.1, -0.05) is 30.3 Å². The van der Waals surface area contributed by atoms with Crippen LogP contribution in [0.5, 0.6) is 0 Å². The lowest BCUT2D eigenvalue weighted by Gasteiger charge is -2.05. The largest absolute Gasteiger partial charge is 0.309 e. The lowest BCUT2D eigenvalue weighted by atomic mass is 10.2. The topological polar surface area (TPSA) is 90.5 Å². The van der Waals surface area contributed by atoms with Crippen molar-refractivity contribution < 1.29 is 4.79 Å². The van der Waals surface area contributed by atoms with Crippen LogP contribution in [0.4, 0.5) is 5.82 Å². The molecule has 1 aromatic carbocycles. The van der Waals surface area contributed by atoms with Gasteiger partial charge in [0.25, 0.3) is 0 Å². The molecule has 118 valence electrons. The fraction of sp³-hybridized carbons (Fsp3) is 0.267. The third-order valence-electron chi connectivity index (χ3n) is 3.55. The van der Waals surface area contributed by atoms with Crippen LogP contribution in [0.15, 0.2) is 30.3 Å². The lowest BCUT2D eigenvalue weighted by molar-refractivity contribution is -0.117. The van der Waals surface area contributed by atoms with Gasteiger partial charge in [0.2, 0.25) is 11.7 Å². The predicted molar refractivity (Wildman–Crippen MR) is 84.6 cm³/mol. The number of hydrogen-bond acceptors (Lipinski definition) is 5. The molecule has 1 amide bonds. The number of amides is 1. The van der Waals surface area contributed by atoms with Crippen molar-refractivity contribution in [1.82, 2.24) is 30.0 Å². The van der Waals surface area contributed by atoms with Crippen molar-refractivity contribution in [3.63, 3.8) is 0 Å². The Morgan fingerprint density at radius 1 is 1.17 bits per heavy atom. The fourth-order valence-electron chi connectivity index (χ4n) is 2.25. The maximum Gasteiger partial charge on any atom is 0.249 e. The summed E-state index contributed by atoms with van der Waals surface area (Å²) in [6.07, 6.45) is 0. The quantitative estimate of drug-likeness (QED) is 0.785. The van der Waals surface area contributed by atoms with Crippen LogP contribution >= 0.6 is 0 Å². The van der Waals surface area contributed by atoms with E-state index in [9.17, 15) is 4.79 Å². The molecular formula is C15H17N7O. The minimum atomic E-state index is -0.229. The highest BCUT2D eigenvalue weighted by Crippen LogP contribution is 2.17. The number of aryl methyl sites for hydroxylation is 2. The lowest BCUT2D eigenvalue weighted by Crippen LogP contribution is -2.22. The van der Waals surface area contributed by atoms with Gasteiger partial charge in [0.05, 0.1) is 5.69 Å². The van der Waals surface area contributed by atoms with E-state index in [-0.39, 0.29) is 12.5 Å². The average molecular weight is 311 g/mol. The molecule has 3 aromatic rings. The molecule has 8 nitrogen and oxygen atoms in total. The van der Waals surface area contributed by atoms with E-state index in [0.717, 1.165) is 16.8 Å². The van der Waals surface area contributed by atoms with Crippen molar-refractivity contribution >= 4 is 11.7 Å². The average Bonchev–Trinajstić information content (AvgIpc) is 3.09. The Kier molecular flexibility index (Phi) is 3.88. The molecule has 0 saturated heterocycles. The van der Waals surface area contributed by atoms with Crippen molar-refractivity contribution in [3.05, 3.63) is 41.6 Å². The molecule has 0 aliphatic heterocycles. The maximum absolute atomic E-state index is 12.2. The zero-order chi connectivity index (χ0) is 16.4. The van der Waals surface area contributed by atoms with Gasteiger partial charge in [-0.25, -0.2) is 0 Å². The van der Waals surface area contributed by atoms with Gasteiger partial charge in [-0.15, -0.1) is 10.2 Å². The van der Waals surface area contributed by atoms with Gasteiger partial charge in [-0.3, -0.25) is 9.48 Å². The van der Waals surface area contributed by atoms with Gasteiger partial charge < -0.3 is 5.32 Å². The molecule has 0 aliphatic rings. The SMILES string of the molecule is Cc1nn(C)c(NC(=O)Cn2nnc(-c3ccccc3)n2)c1C. The van der Waals surface area contributed by atoms with Crippen molar-refractivity contribution in [3.8, 4) is 11.4 Å². The third kappa shape index (κ3) is 3.10. The molecule has 2 heterocycles. The molecule has 0 fully saturated rings. The van der Waals surface area contributed by atoms with Crippen LogP contribution in [0.1, 0.15) is 11.3 Å². The van der Waals surface area contributed by atoms with Gasteiger partial charge in [0, 0.05) is 18.2 Å². The van der Waals surface area contributed by atoms with E-state index in [1.807, 2.05) is 44.2 Å². The molecule has 23 heavy (non-hydrogen) atoms. The molecule has 8 heteroatoms. The van der Waals surface area contributed by atoms with Crippen LogP contribution in [0.2, 0.25) is 0 Å². The van der Waals surface area contributed by atoms with E-state index >= 15 is 0 Å². The summed E-state index contributed by atoms with van der Waals surface area (Å²) < 4.78 is 1.65. The number of nitrogens with zero attached hydrogens (tertiary/aromatic N) is 6. The molecular weight excluding hydrogens is 294 g/mol. The number of carbonyl (C=O) groups excluding carboxylic acids is 1. The van der Waals surface area contributed by atoms with Crippen LogP contribution in [0.25, 0.3) is 11.4 Å². The first-order chi connectivity index (χ1) is 11.0. The maximum atomic E-state index is 12.2. The van der Waals surface area contributed by atoms with Gasteiger partial charge in [-0.05, 0) is 19.1 Å². The smallest absolute Gasteiger partial charge is 0.249 e. The highest BCUT2D eigenvalue weighted by atomic mass is 16.2. The summed E-state index contributed by atoms with van der Waals surface area (Å²) in [5, 5.41) is 19.2. The molecule has 0 atom stereocenters. The van der Waals surface area contributed by atoms with E-state index in [1.165, 1.54) is 4.80 Å². The number of carbonyl (C=O) groups is 1. The Morgan fingerprint density at radius 3 is 2.57 bits per heavy atom. The number of benzene rings is 1. The summed E-state index contributed by atoms with van der Waals surface area (Å²) >= 11 is 0. The normalized spacial score (nSPS) is 10.7. The van der Waals surface area contributed by atoms with E-state index in [4.69, 9.17) is 0 Å². The molecule has 0 radical (unpaired) electrons. The molecule has 2 aromatic heterocycles. The van der Waals surface area contributed by atoms with Crippen LogP contribution in [-0.2, 0) is 18.4 Å². The summed E-state index contributed by atoms with van der Waals surface area (Å²) in [5.74, 6) is 0.940. The fourth-order valence-corrected chi connectivity index (χ4v) is 2.25. The number of tetrazole rings is 1. The molecule has 0 unspecified atom stereocenters. The van der Waals surface area contributed by atoms with Gasteiger partial charge in [0.15, 0.2) is 0 Å². The molecule has 3 rings (SSSR count). The summed E-state index contributed by atoms with van der Waals surface area (Å²) in [5.41, 5.74) is 2.68. The molecule has 0 spiro atoms. The van der Waals surface area contributed by atoms with Crippen molar-refractivity contribution in [2.45, 2.75) is 20.4 Å². The summed E-state index contributed by atoms with van der Waals surface area (Å²) in [6.45, 7) is 3.80. The minimum Gasteiger partial charge on any atom is -0.309 e. The summed E-state index contributed by atoms with van der Waals surface area (Å²) in [7, 11) is 1.79. The first-order valence-corrected chi connectivity index (χ1v) is 7.18. The summed E-state index contributed by atoms with van der Waals surface area (Å²) in [6, 6.07) is 9.50. The van der Waals surface area contributed by atoms with Crippen molar-refractivity contribution in [1.29, 1.82) is 0 Å². The number of anilines is 1. The van der Waals surface area contributed by atoms with Gasteiger partial charge in [-0.2, -0.15) is 9.90 Å². The molecule has 1 N–H and O–H groups in total. The zero-order valence-electron chi connectivity index (χ0n) is 13.2. The van der Waals surface area contributed by atoms with Crippen LogP contribution in [-0.4, -0.2) is 35.9 Å². The van der Waals surface area contributed by atoms with Crippen LogP contribution < -0.4 is 5.32 Å². The molecule has 0 aliphatic carbocycles. The van der Waals surface area contributed by atoms with Crippen LogP contribution in [0, 0.1) is 13.8 Å². The minimum absolute atomic E-state index is 0.0104. The first-order valence-electron chi connectivity index (χ1n) is 7.18. The Balaban J connectivity index is 1.70. The van der Waals surface area contributed by atoms with Crippen LogP contribution in [0.3, 0.4) is 0 Å². The van der Waals surface area contributed by atoms with Crippen molar-refractivity contribution in [2.75, 3.05) is 5.32 Å². The Morgan fingerprint density at radius 2 is 1.91 bits per heavy atom. The number of nitrogens with one attached hydrogen (secondary N) is 1. The number of hydrogen-bond donors (Lipinski definition) is 1. The van der Waals surface area contributed by atoms with E-state index < -0.39 is 0 Å². The second kappa shape index (κ2) is 5.99. The highest BCUT2D eigenvalue weighted by Gasteiger charge is 2.14. The Hall–Kier alpha value is -3.03. The molecule has 0 bridgehead atoms. The van der Waals surface area contributed by atoms with Crippen molar-refractivity contribution in [2.24, 2.45) is 7.05 Å². The second-order valence-corrected chi connectivity index (χ2v) is 5.24. The number of aromatic nitrogens is 6. The monoisotopic (exact) mass is 311 g/mol. The standard InChI is InChI=1S/C15H17N7O/c1-10-11(2)18-21(3)15(10)16-13(23)9-22-19-14(17-20-22)12-7-5-4-6-8-12/h4-8H,9H2,1-3H3,(H,16,23). The zero-order valence-corrected chi connectivity index (χ0v) is 13.2.